The average molecular weight is 514 g/mol. The average Bonchev–Trinajstić information content (AvgIpc) is 3.58. The van der Waals surface area contributed by atoms with E-state index in [1.54, 1.807) is 12.4 Å². The van der Waals surface area contributed by atoms with E-state index in [0.29, 0.717) is 5.95 Å². The molecule has 0 N–H and O–H groups in total. The van der Waals surface area contributed by atoms with Gasteiger partial charge in [0.15, 0.2) is 5.58 Å². The molecule has 0 saturated carbocycles. The number of fused-ring (bicyclic) bond motifs is 11. The van der Waals surface area contributed by atoms with E-state index in [9.17, 15) is 0 Å². The maximum absolute atomic E-state index is 6.62. The summed E-state index contributed by atoms with van der Waals surface area (Å²) in [5.41, 5.74) is 7.86. The van der Waals surface area contributed by atoms with E-state index in [2.05, 4.69) is 41.0 Å². The van der Waals surface area contributed by atoms with Crippen LogP contribution in [0.4, 0.5) is 0 Å². The van der Waals surface area contributed by atoms with Gasteiger partial charge in [-0.1, -0.05) is 84.9 Å². The second-order valence-electron chi connectivity index (χ2n) is 9.89. The summed E-state index contributed by atoms with van der Waals surface area (Å²) >= 11 is 0. The molecule has 0 aliphatic carbocycles. The summed E-state index contributed by atoms with van der Waals surface area (Å²) in [6.07, 6.45) is 3.50. The van der Waals surface area contributed by atoms with Gasteiger partial charge in [0.05, 0.1) is 27.6 Å². The van der Waals surface area contributed by atoms with Gasteiger partial charge in [0.25, 0.3) is 0 Å². The summed E-state index contributed by atoms with van der Waals surface area (Å²) in [7, 11) is 0. The highest BCUT2D eigenvalue weighted by atomic mass is 16.3. The molecule has 0 saturated heterocycles. The van der Waals surface area contributed by atoms with Gasteiger partial charge in [-0.15, -0.1) is 0 Å². The Kier molecular flexibility index (Phi) is 4.24. The Labute approximate surface area is 227 Å². The number of rotatable bonds is 2. The summed E-state index contributed by atoms with van der Waals surface area (Å²) in [5, 5.41) is 4.97. The van der Waals surface area contributed by atoms with Crippen LogP contribution in [0.25, 0.3) is 82.9 Å². The van der Waals surface area contributed by atoms with E-state index in [4.69, 9.17) is 24.4 Å². The van der Waals surface area contributed by atoms with Crippen molar-refractivity contribution in [3.8, 4) is 17.2 Å². The van der Waals surface area contributed by atoms with Crippen LogP contribution in [0.5, 0.6) is 0 Å². The minimum absolute atomic E-state index is 0.578. The predicted octanol–water partition coefficient (Wildman–Crippen LogP) is 8.24. The third-order valence-corrected chi connectivity index (χ3v) is 7.70. The van der Waals surface area contributed by atoms with E-state index in [1.165, 1.54) is 0 Å². The minimum atomic E-state index is 0.578. The van der Waals surface area contributed by atoms with Gasteiger partial charge in [-0.25, -0.2) is 9.97 Å². The van der Waals surface area contributed by atoms with Crippen molar-refractivity contribution in [2.45, 2.75) is 0 Å². The van der Waals surface area contributed by atoms with Crippen LogP contribution in [-0.4, -0.2) is 24.5 Å². The van der Waals surface area contributed by atoms with Crippen LogP contribution in [0.2, 0.25) is 0 Å². The number of nitrogens with zero attached hydrogens (tertiary/aromatic N) is 5. The molecule has 40 heavy (non-hydrogen) atoms. The highest BCUT2D eigenvalue weighted by Gasteiger charge is 2.25. The third kappa shape index (κ3) is 2.82. The Bertz CT molecular complexity index is 2440. The zero-order valence-corrected chi connectivity index (χ0v) is 21.1. The van der Waals surface area contributed by atoms with E-state index >= 15 is 0 Å². The lowest BCUT2D eigenvalue weighted by molar-refractivity contribution is 0.671. The van der Waals surface area contributed by atoms with Gasteiger partial charge < -0.3 is 4.42 Å². The lowest BCUT2D eigenvalue weighted by atomic mass is 10.1. The molecule has 0 spiro atoms. The summed E-state index contributed by atoms with van der Waals surface area (Å²) in [5.74, 6) is 0.578. The molecule has 9 rings (SSSR count). The minimum Gasteiger partial charge on any atom is -0.454 e. The molecule has 0 aliphatic rings. The van der Waals surface area contributed by atoms with Gasteiger partial charge >= 0.3 is 0 Å². The largest absolute Gasteiger partial charge is 0.454 e. The van der Waals surface area contributed by atoms with Gasteiger partial charge in [-0.3, -0.25) is 14.5 Å². The van der Waals surface area contributed by atoms with E-state index < -0.39 is 0 Å². The van der Waals surface area contributed by atoms with Gasteiger partial charge in [0.1, 0.15) is 16.6 Å². The molecule has 0 bridgehead atoms. The first-order valence-corrected chi connectivity index (χ1v) is 13.2. The molecule has 0 aliphatic heterocycles. The predicted molar refractivity (Wildman–Crippen MR) is 160 cm³/mol. The molecular weight excluding hydrogens is 494 g/mol. The van der Waals surface area contributed by atoms with Crippen molar-refractivity contribution in [1.29, 1.82) is 0 Å². The molecule has 6 nitrogen and oxygen atoms in total. The van der Waals surface area contributed by atoms with Crippen molar-refractivity contribution >= 4 is 65.7 Å². The first-order valence-electron chi connectivity index (χ1n) is 13.2. The van der Waals surface area contributed by atoms with Crippen LogP contribution in [0, 0.1) is 0 Å². The standard InChI is InChI=1S/C34H19N5O/c1-2-10-20(11-3-1)29-21-12-4-7-15-24(21)37-34(38-29)39-25-16-8-5-13-22(25)27-30-31(36-19-18-35-30)28-23-14-6-9-17-26(23)40-33(28)32(27)39/h1-19H. The van der Waals surface area contributed by atoms with Crippen LogP contribution < -0.4 is 0 Å². The van der Waals surface area contributed by atoms with Crippen molar-refractivity contribution in [3.05, 3.63) is 116 Å². The first kappa shape index (κ1) is 21.3. The number of benzene rings is 5. The van der Waals surface area contributed by atoms with Crippen molar-refractivity contribution in [3.63, 3.8) is 0 Å². The smallest absolute Gasteiger partial charge is 0.235 e. The summed E-state index contributed by atoms with van der Waals surface area (Å²) < 4.78 is 8.75. The number of hydrogen-bond acceptors (Lipinski definition) is 5. The summed E-state index contributed by atoms with van der Waals surface area (Å²) in [4.78, 5) is 20.0. The van der Waals surface area contributed by atoms with Crippen LogP contribution in [0.15, 0.2) is 120 Å². The van der Waals surface area contributed by atoms with E-state index in [0.717, 1.165) is 76.9 Å². The number of para-hydroxylation sites is 3. The van der Waals surface area contributed by atoms with Crippen LogP contribution in [0.1, 0.15) is 0 Å². The van der Waals surface area contributed by atoms with Gasteiger partial charge in [-0.05, 0) is 18.2 Å². The molecule has 0 atom stereocenters. The number of aromatic nitrogens is 5. The van der Waals surface area contributed by atoms with Crippen molar-refractivity contribution in [2.75, 3.05) is 0 Å². The molecule has 9 aromatic rings. The lowest BCUT2D eigenvalue weighted by Crippen LogP contribution is -2.03. The molecule has 0 amide bonds. The second kappa shape index (κ2) is 7.94. The fourth-order valence-electron chi connectivity index (χ4n) is 6.03. The topological polar surface area (TPSA) is 69.6 Å². The van der Waals surface area contributed by atoms with Crippen molar-refractivity contribution in [1.82, 2.24) is 24.5 Å². The van der Waals surface area contributed by atoms with Crippen LogP contribution >= 0.6 is 0 Å². The lowest BCUT2D eigenvalue weighted by Gasteiger charge is -2.12. The fraction of sp³-hybridized carbons (Fsp3) is 0. The molecule has 6 heteroatoms. The van der Waals surface area contributed by atoms with E-state index in [1.807, 2.05) is 66.7 Å². The molecule has 0 unspecified atom stereocenters. The fourth-order valence-corrected chi connectivity index (χ4v) is 6.03. The Hall–Kier alpha value is -5.62. The molecule has 5 aromatic carbocycles. The zero-order valence-electron chi connectivity index (χ0n) is 21.1. The molecular formula is C34H19N5O. The molecule has 186 valence electrons. The van der Waals surface area contributed by atoms with Gasteiger partial charge in [0.2, 0.25) is 5.95 Å². The quantitative estimate of drug-likeness (QED) is 0.233. The number of furan rings is 1. The summed E-state index contributed by atoms with van der Waals surface area (Å²) in [6.45, 7) is 0. The monoisotopic (exact) mass is 513 g/mol. The normalized spacial score (nSPS) is 12.0. The SMILES string of the molecule is c1ccc(-c2nc(-n3c4ccccc4c4c5nccnc5c5c6ccccc6oc5c43)nc3ccccc23)cc1. The van der Waals surface area contributed by atoms with Crippen LogP contribution in [0.3, 0.4) is 0 Å². The third-order valence-electron chi connectivity index (χ3n) is 7.70. The Morgan fingerprint density at radius 2 is 1.25 bits per heavy atom. The van der Waals surface area contributed by atoms with Crippen LogP contribution in [-0.2, 0) is 0 Å². The number of hydrogen-bond donors (Lipinski definition) is 0. The Balaban J connectivity index is 1.54. The zero-order chi connectivity index (χ0) is 26.2. The molecule has 0 fully saturated rings. The van der Waals surface area contributed by atoms with Gasteiger partial charge in [-0.2, -0.15) is 0 Å². The first-order chi connectivity index (χ1) is 19.9. The van der Waals surface area contributed by atoms with E-state index in [-0.39, 0.29) is 0 Å². The summed E-state index contributed by atoms with van der Waals surface area (Å²) in [6, 6.07) is 34.8. The maximum Gasteiger partial charge on any atom is 0.235 e. The highest BCUT2D eigenvalue weighted by molar-refractivity contribution is 6.33. The van der Waals surface area contributed by atoms with Gasteiger partial charge in [0, 0.05) is 39.5 Å². The van der Waals surface area contributed by atoms with Crippen molar-refractivity contribution < 1.29 is 4.42 Å². The Morgan fingerprint density at radius 3 is 2.10 bits per heavy atom. The highest BCUT2D eigenvalue weighted by Crippen LogP contribution is 2.44. The Morgan fingerprint density at radius 1 is 0.575 bits per heavy atom. The molecule has 4 heterocycles. The maximum atomic E-state index is 6.62. The second-order valence-corrected chi connectivity index (χ2v) is 9.89. The molecule has 4 aromatic heterocycles. The molecule has 0 radical (unpaired) electrons. The van der Waals surface area contributed by atoms with Crippen molar-refractivity contribution in [2.24, 2.45) is 0 Å².